The van der Waals surface area contributed by atoms with Crippen LogP contribution in [0.5, 0.6) is 5.75 Å². The van der Waals surface area contributed by atoms with E-state index in [1.165, 1.54) is 6.07 Å². The van der Waals surface area contributed by atoms with Gasteiger partial charge >= 0.3 is 0 Å². The molecule has 1 unspecified atom stereocenters. The van der Waals surface area contributed by atoms with E-state index < -0.39 is 0 Å². The summed E-state index contributed by atoms with van der Waals surface area (Å²) in [6.07, 6.45) is 0.356. The predicted molar refractivity (Wildman–Crippen MR) is 78.2 cm³/mol. The molecule has 0 amide bonds. The molecule has 0 bridgehead atoms. The quantitative estimate of drug-likeness (QED) is 0.657. The zero-order valence-corrected chi connectivity index (χ0v) is 11.8. The Hall–Kier alpha value is -1.62. The van der Waals surface area contributed by atoms with E-state index in [0.717, 1.165) is 11.3 Å². The minimum Gasteiger partial charge on any atom is -0.497 e. The maximum atomic E-state index is 13.8. The highest BCUT2D eigenvalue weighted by Crippen LogP contribution is 2.27. The molecule has 0 heterocycles. The van der Waals surface area contributed by atoms with Crippen LogP contribution in [0.25, 0.3) is 0 Å². The van der Waals surface area contributed by atoms with Crippen LogP contribution in [0.3, 0.4) is 0 Å². The van der Waals surface area contributed by atoms with Crippen molar-refractivity contribution >= 4 is 11.6 Å². The third kappa shape index (κ3) is 3.28. The lowest BCUT2D eigenvalue weighted by Gasteiger charge is -2.18. The highest BCUT2D eigenvalue weighted by atomic mass is 35.5. The summed E-state index contributed by atoms with van der Waals surface area (Å²) >= 11 is 6.04. The normalized spacial score (nSPS) is 12.2. The van der Waals surface area contributed by atoms with Gasteiger partial charge in [-0.3, -0.25) is 11.3 Å². The van der Waals surface area contributed by atoms with Gasteiger partial charge in [0.05, 0.1) is 13.2 Å². The van der Waals surface area contributed by atoms with Gasteiger partial charge in [-0.05, 0) is 36.2 Å². The molecule has 2 aromatic carbocycles. The Morgan fingerprint density at radius 2 is 2.05 bits per heavy atom. The van der Waals surface area contributed by atoms with E-state index in [1.54, 1.807) is 19.2 Å². The summed E-state index contributed by atoms with van der Waals surface area (Å²) in [7, 11) is 1.59. The molecule has 0 saturated heterocycles. The number of halogens is 2. The van der Waals surface area contributed by atoms with Crippen molar-refractivity contribution in [1.82, 2.24) is 5.43 Å². The Bertz CT molecular complexity index is 572. The van der Waals surface area contributed by atoms with E-state index in [0.29, 0.717) is 17.0 Å². The van der Waals surface area contributed by atoms with Crippen LogP contribution in [0.4, 0.5) is 4.39 Å². The third-order valence-corrected chi connectivity index (χ3v) is 3.52. The molecule has 0 aliphatic rings. The predicted octanol–water partition coefficient (Wildman–Crippen LogP) is 3.23. The number of methoxy groups -OCH3 is 1. The van der Waals surface area contributed by atoms with Crippen molar-refractivity contribution in [2.75, 3.05) is 7.11 Å². The molecule has 3 N–H and O–H groups in total. The van der Waals surface area contributed by atoms with Gasteiger partial charge in [0.25, 0.3) is 0 Å². The molecule has 5 heteroatoms. The average Bonchev–Trinajstić information content (AvgIpc) is 2.47. The molecule has 2 rings (SSSR count). The Balaban J connectivity index is 2.29. The van der Waals surface area contributed by atoms with E-state index >= 15 is 0 Å². The van der Waals surface area contributed by atoms with Crippen LogP contribution in [0.15, 0.2) is 42.5 Å². The van der Waals surface area contributed by atoms with Crippen LogP contribution in [0.1, 0.15) is 17.2 Å². The van der Waals surface area contributed by atoms with E-state index in [-0.39, 0.29) is 11.9 Å². The molecule has 106 valence electrons. The first-order chi connectivity index (χ1) is 9.65. The summed E-state index contributed by atoms with van der Waals surface area (Å²) in [5.74, 6) is 5.98. The number of ether oxygens (including phenoxy) is 1. The van der Waals surface area contributed by atoms with Crippen LogP contribution in [-0.2, 0) is 6.42 Å². The topological polar surface area (TPSA) is 47.3 Å². The van der Waals surface area contributed by atoms with Gasteiger partial charge in [-0.2, -0.15) is 0 Å². The van der Waals surface area contributed by atoms with Crippen LogP contribution in [0, 0.1) is 5.82 Å². The number of benzene rings is 2. The molecular formula is C15H16ClFN2O. The van der Waals surface area contributed by atoms with Crippen molar-refractivity contribution in [3.05, 3.63) is 64.4 Å². The fraction of sp³-hybridized carbons (Fsp3) is 0.200. The first kappa shape index (κ1) is 14.8. The zero-order valence-electron chi connectivity index (χ0n) is 11.1. The smallest absolute Gasteiger partial charge is 0.127 e. The zero-order chi connectivity index (χ0) is 14.5. The van der Waals surface area contributed by atoms with Crippen molar-refractivity contribution in [3.8, 4) is 5.75 Å². The summed E-state index contributed by atoms with van der Waals surface area (Å²) < 4.78 is 19.0. The van der Waals surface area contributed by atoms with E-state index in [9.17, 15) is 4.39 Å². The number of nitrogens with two attached hydrogens (primary N) is 1. The Labute approximate surface area is 122 Å². The van der Waals surface area contributed by atoms with Gasteiger partial charge in [0.15, 0.2) is 0 Å². The summed E-state index contributed by atoms with van der Waals surface area (Å²) in [5, 5.41) is 0.396. The Morgan fingerprint density at radius 3 is 2.70 bits per heavy atom. The minimum absolute atomic E-state index is 0.250. The van der Waals surface area contributed by atoms with Crippen LogP contribution in [-0.4, -0.2) is 7.11 Å². The highest BCUT2D eigenvalue weighted by molar-refractivity contribution is 6.31. The van der Waals surface area contributed by atoms with Crippen LogP contribution < -0.4 is 16.0 Å². The molecule has 0 saturated carbocycles. The largest absolute Gasteiger partial charge is 0.497 e. The molecular weight excluding hydrogens is 279 g/mol. The lowest BCUT2D eigenvalue weighted by molar-refractivity contribution is 0.413. The van der Waals surface area contributed by atoms with Gasteiger partial charge < -0.3 is 4.74 Å². The second-order valence-electron chi connectivity index (χ2n) is 4.40. The SMILES string of the molecule is COc1cccc(C(Cc2c(F)cccc2Cl)NN)c1. The number of hydrazine groups is 1. The summed E-state index contributed by atoms with van der Waals surface area (Å²) in [4.78, 5) is 0. The standard InChI is InChI=1S/C15H16ClFN2O/c1-20-11-5-2-4-10(8-11)15(19-18)9-12-13(16)6-3-7-14(12)17/h2-8,15,19H,9,18H2,1H3. The van der Waals surface area contributed by atoms with Crippen molar-refractivity contribution < 1.29 is 9.13 Å². The molecule has 0 fully saturated rings. The number of rotatable bonds is 5. The van der Waals surface area contributed by atoms with Crippen molar-refractivity contribution in [2.45, 2.75) is 12.5 Å². The van der Waals surface area contributed by atoms with Crippen LogP contribution in [0.2, 0.25) is 5.02 Å². The van der Waals surface area contributed by atoms with Gasteiger partial charge in [0.1, 0.15) is 11.6 Å². The second kappa shape index (κ2) is 6.70. The highest BCUT2D eigenvalue weighted by Gasteiger charge is 2.16. The first-order valence-electron chi connectivity index (χ1n) is 6.18. The molecule has 0 aliphatic heterocycles. The fourth-order valence-electron chi connectivity index (χ4n) is 2.06. The number of hydrogen-bond donors (Lipinski definition) is 2. The molecule has 3 nitrogen and oxygen atoms in total. The van der Waals surface area contributed by atoms with E-state index in [1.807, 2.05) is 24.3 Å². The first-order valence-corrected chi connectivity index (χ1v) is 6.56. The molecule has 20 heavy (non-hydrogen) atoms. The van der Waals surface area contributed by atoms with Gasteiger partial charge in [0.2, 0.25) is 0 Å². The monoisotopic (exact) mass is 294 g/mol. The van der Waals surface area contributed by atoms with Crippen molar-refractivity contribution in [1.29, 1.82) is 0 Å². The maximum Gasteiger partial charge on any atom is 0.127 e. The van der Waals surface area contributed by atoms with Crippen molar-refractivity contribution in [2.24, 2.45) is 5.84 Å². The van der Waals surface area contributed by atoms with Gasteiger partial charge in [-0.15, -0.1) is 0 Å². The molecule has 2 aromatic rings. The van der Waals surface area contributed by atoms with E-state index in [4.69, 9.17) is 22.2 Å². The maximum absolute atomic E-state index is 13.8. The minimum atomic E-state index is -0.333. The molecule has 1 atom stereocenters. The number of nitrogens with one attached hydrogen (secondary N) is 1. The van der Waals surface area contributed by atoms with Gasteiger partial charge in [-0.1, -0.05) is 29.8 Å². The Kier molecular flexibility index (Phi) is 4.95. The Morgan fingerprint density at radius 1 is 1.30 bits per heavy atom. The lowest BCUT2D eigenvalue weighted by Crippen LogP contribution is -2.29. The third-order valence-electron chi connectivity index (χ3n) is 3.17. The van der Waals surface area contributed by atoms with Gasteiger partial charge in [0, 0.05) is 10.6 Å². The molecule has 0 radical (unpaired) electrons. The average molecular weight is 295 g/mol. The summed E-state index contributed by atoms with van der Waals surface area (Å²) in [6.45, 7) is 0. The number of hydrogen-bond acceptors (Lipinski definition) is 3. The lowest BCUT2D eigenvalue weighted by atomic mass is 9.99. The second-order valence-corrected chi connectivity index (χ2v) is 4.81. The molecule has 0 spiro atoms. The summed E-state index contributed by atoms with van der Waals surface area (Å²) in [6, 6.07) is 11.9. The summed E-state index contributed by atoms with van der Waals surface area (Å²) in [5.41, 5.74) is 4.04. The molecule has 0 aromatic heterocycles. The van der Waals surface area contributed by atoms with Crippen LogP contribution >= 0.6 is 11.6 Å². The van der Waals surface area contributed by atoms with Gasteiger partial charge in [-0.25, -0.2) is 4.39 Å². The van der Waals surface area contributed by atoms with E-state index in [2.05, 4.69) is 5.43 Å². The van der Waals surface area contributed by atoms with Crippen molar-refractivity contribution in [3.63, 3.8) is 0 Å². The molecule has 0 aliphatic carbocycles. The fourth-order valence-corrected chi connectivity index (χ4v) is 2.30.